The summed E-state index contributed by atoms with van der Waals surface area (Å²) in [5, 5.41) is 4.63. The highest BCUT2D eigenvalue weighted by atomic mass is 15.3. The summed E-state index contributed by atoms with van der Waals surface area (Å²) in [6, 6.07) is 20.5. The predicted octanol–water partition coefficient (Wildman–Crippen LogP) is 4.46. The fraction of sp³-hybridized carbons (Fsp3) is 0.211. The van der Waals surface area contributed by atoms with Crippen molar-refractivity contribution >= 4 is 5.82 Å². The monoisotopic (exact) mass is 291 g/mol. The van der Waals surface area contributed by atoms with Gasteiger partial charge in [0.2, 0.25) is 0 Å². The van der Waals surface area contributed by atoms with Crippen LogP contribution in [-0.4, -0.2) is 9.78 Å². The Kier molecular flexibility index (Phi) is 4.24. The third kappa shape index (κ3) is 3.03. The zero-order chi connectivity index (χ0) is 15.4. The van der Waals surface area contributed by atoms with Gasteiger partial charge in [0, 0.05) is 11.6 Å². The van der Waals surface area contributed by atoms with Crippen molar-refractivity contribution in [1.82, 2.24) is 9.78 Å². The first-order valence-corrected chi connectivity index (χ1v) is 7.78. The number of nitrogens with zero attached hydrogens (tertiary/aromatic N) is 2. The van der Waals surface area contributed by atoms with E-state index in [-0.39, 0.29) is 0 Å². The van der Waals surface area contributed by atoms with E-state index >= 15 is 0 Å². The van der Waals surface area contributed by atoms with E-state index in [0.717, 1.165) is 23.4 Å². The Morgan fingerprint density at radius 3 is 2.41 bits per heavy atom. The highest BCUT2D eigenvalue weighted by molar-refractivity contribution is 5.64. The minimum atomic E-state index is 0.649. The summed E-state index contributed by atoms with van der Waals surface area (Å²) in [5.41, 5.74) is 10.5. The number of hydrogen-bond donors (Lipinski definition) is 1. The molecule has 3 rings (SSSR count). The van der Waals surface area contributed by atoms with E-state index < -0.39 is 0 Å². The Balaban J connectivity index is 1.87. The van der Waals surface area contributed by atoms with Crippen LogP contribution in [0.3, 0.4) is 0 Å². The minimum Gasteiger partial charge on any atom is -0.384 e. The van der Waals surface area contributed by atoms with Crippen molar-refractivity contribution in [3.05, 3.63) is 66.2 Å². The van der Waals surface area contributed by atoms with Crippen LogP contribution in [0, 0.1) is 0 Å². The minimum absolute atomic E-state index is 0.649. The van der Waals surface area contributed by atoms with E-state index in [1.165, 1.54) is 18.4 Å². The summed E-state index contributed by atoms with van der Waals surface area (Å²) in [6.07, 6.45) is 3.59. The van der Waals surface area contributed by atoms with Crippen LogP contribution < -0.4 is 5.73 Å². The molecular formula is C19H21N3. The maximum atomic E-state index is 6.11. The predicted molar refractivity (Wildman–Crippen MR) is 92.0 cm³/mol. The van der Waals surface area contributed by atoms with Gasteiger partial charge in [0.25, 0.3) is 0 Å². The van der Waals surface area contributed by atoms with Gasteiger partial charge in [-0.05, 0) is 30.5 Å². The van der Waals surface area contributed by atoms with Gasteiger partial charge in [-0.2, -0.15) is 5.10 Å². The largest absolute Gasteiger partial charge is 0.384 e. The molecule has 3 heteroatoms. The number of benzene rings is 2. The number of hydrogen-bond acceptors (Lipinski definition) is 2. The molecule has 0 saturated heterocycles. The molecule has 2 N–H and O–H groups in total. The molecule has 1 aromatic heterocycles. The lowest BCUT2D eigenvalue weighted by molar-refractivity contribution is 0.795. The summed E-state index contributed by atoms with van der Waals surface area (Å²) in [7, 11) is 0. The first-order chi connectivity index (χ1) is 10.8. The molecule has 3 aromatic rings. The Labute approximate surface area is 131 Å². The van der Waals surface area contributed by atoms with Crippen LogP contribution in [0.1, 0.15) is 25.3 Å². The second-order valence-electron chi connectivity index (χ2n) is 5.50. The van der Waals surface area contributed by atoms with E-state index in [4.69, 9.17) is 5.73 Å². The van der Waals surface area contributed by atoms with E-state index in [9.17, 15) is 0 Å². The molecule has 0 aliphatic heterocycles. The van der Waals surface area contributed by atoms with Crippen LogP contribution in [0.2, 0.25) is 0 Å². The molecule has 0 amide bonds. The zero-order valence-electron chi connectivity index (χ0n) is 12.9. The number of nitrogen functional groups attached to an aromatic ring is 1. The van der Waals surface area contributed by atoms with Crippen molar-refractivity contribution in [3.8, 4) is 16.9 Å². The van der Waals surface area contributed by atoms with Crippen LogP contribution in [0.15, 0.2) is 60.7 Å². The normalized spacial score (nSPS) is 10.8. The van der Waals surface area contributed by atoms with Crippen molar-refractivity contribution in [2.45, 2.75) is 26.2 Å². The van der Waals surface area contributed by atoms with Crippen LogP contribution in [0.5, 0.6) is 0 Å². The van der Waals surface area contributed by atoms with Gasteiger partial charge >= 0.3 is 0 Å². The number of aromatic nitrogens is 2. The molecule has 0 unspecified atom stereocenters. The maximum Gasteiger partial charge on any atom is 0.127 e. The van der Waals surface area contributed by atoms with E-state index in [1.54, 1.807) is 4.68 Å². The Morgan fingerprint density at radius 1 is 1.00 bits per heavy atom. The van der Waals surface area contributed by atoms with E-state index in [2.05, 4.69) is 36.3 Å². The van der Waals surface area contributed by atoms with E-state index in [1.807, 2.05) is 36.4 Å². The first-order valence-electron chi connectivity index (χ1n) is 7.78. The summed E-state index contributed by atoms with van der Waals surface area (Å²) in [6.45, 7) is 2.22. The summed E-state index contributed by atoms with van der Waals surface area (Å²) < 4.78 is 1.78. The number of aryl methyl sites for hydroxylation is 1. The average Bonchev–Trinajstić information content (AvgIpc) is 2.96. The fourth-order valence-corrected chi connectivity index (χ4v) is 2.54. The SMILES string of the molecule is CCCCc1ccc(-c2cc(N)n(-c3ccccc3)n2)cc1. The summed E-state index contributed by atoms with van der Waals surface area (Å²) >= 11 is 0. The lowest BCUT2D eigenvalue weighted by Crippen LogP contribution is -2.01. The molecule has 22 heavy (non-hydrogen) atoms. The molecule has 3 nitrogen and oxygen atoms in total. The second kappa shape index (κ2) is 6.48. The van der Waals surface area contributed by atoms with Crippen molar-refractivity contribution in [3.63, 3.8) is 0 Å². The zero-order valence-corrected chi connectivity index (χ0v) is 12.9. The van der Waals surface area contributed by atoms with Gasteiger partial charge in [-0.25, -0.2) is 4.68 Å². The maximum absolute atomic E-state index is 6.11. The van der Waals surface area contributed by atoms with Crippen LogP contribution in [0.4, 0.5) is 5.82 Å². The van der Waals surface area contributed by atoms with Crippen LogP contribution >= 0.6 is 0 Å². The molecule has 0 atom stereocenters. The Morgan fingerprint density at radius 2 is 1.73 bits per heavy atom. The highest BCUT2D eigenvalue weighted by Gasteiger charge is 2.08. The highest BCUT2D eigenvalue weighted by Crippen LogP contribution is 2.23. The number of nitrogens with two attached hydrogens (primary N) is 1. The molecule has 0 bridgehead atoms. The molecule has 1 heterocycles. The third-order valence-corrected chi connectivity index (χ3v) is 3.81. The molecule has 0 spiro atoms. The second-order valence-corrected chi connectivity index (χ2v) is 5.50. The fourth-order valence-electron chi connectivity index (χ4n) is 2.54. The molecule has 0 saturated carbocycles. The standard InChI is InChI=1S/C19H21N3/c1-2-3-7-15-10-12-16(13-11-15)18-14-19(20)22(21-18)17-8-5-4-6-9-17/h4-6,8-14H,2-3,7,20H2,1H3. The van der Waals surface area contributed by atoms with Crippen molar-refractivity contribution in [2.75, 3.05) is 5.73 Å². The Hall–Kier alpha value is -2.55. The first kappa shape index (κ1) is 14.4. The number of rotatable bonds is 5. The lowest BCUT2D eigenvalue weighted by atomic mass is 10.1. The average molecular weight is 291 g/mol. The van der Waals surface area contributed by atoms with Crippen molar-refractivity contribution in [2.24, 2.45) is 0 Å². The molecule has 0 fully saturated rings. The number of unbranched alkanes of at least 4 members (excludes halogenated alkanes) is 1. The van der Waals surface area contributed by atoms with Crippen molar-refractivity contribution < 1.29 is 0 Å². The van der Waals surface area contributed by atoms with E-state index in [0.29, 0.717) is 5.82 Å². The van der Waals surface area contributed by atoms with Gasteiger partial charge < -0.3 is 5.73 Å². The van der Waals surface area contributed by atoms with Gasteiger partial charge in [-0.3, -0.25) is 0 Å². The van der Waals surface area contributed by atoms with Gasteiger partial charge in [0.1, 0.15) is 5.82 Å². The summed E-state index contributed by atoms with van der Waals surface area (Å²) in [5.74, 6) is 0.649. The van der Waals surface area contributed by atoms with Gasteiger partial charge in [-0.1, -0.05) is 55.8 Å². The van der Waals surface area contributed by atoms with Gasteiger partial charge in [-0.15, -0.1) is 0 Å². The molecular weight excluding hydrogens is 270 g/mol. The molecule has 0 radical (unpaired) electrons. The van der Waals surface area contributed by atoms with Crippen molar-refractivity contribution in [1.29, 1.82) is 0 Å². The number of para-hydroxylation sites is 1. The third-order valence-electron chi connectivity index (χ3n) is 3.81. The molecule has 0 aliphatic carbocycles. The number of anilines is 1. The summed E-state index contributed by atoms with van der Waals surface area (Å²) in [4.78, 5) is 0. The quantitative estimate of drug-likeness (QED) is 0.754. The molecule has 112 valence electrons. The smallest absolute Gasteiger partial charge is 0.127 e. The van der Waals surface area contributed by atoms with Gasteiger partial charge in [0.05, 0.1) is 11.4 Å². The molecule has 0 aliphatic rings. The molecule has 2 aromatic carbocycles. The van der Waals surface area contributed by atoms with Crippen LogP contribution in [-0.2, 0) is 6.42 Å². The van der Waals surface area contributed by atoms with Gasteiger partial charge in [0.15, 0.2) is 0 Å². The lowest BCUT2D eigenvalue weighted by Gasteiger charge is -2.03. The van der Waals surface area contributed by atoms with Crippen LogP contribution in [0.25, 0.3) is 16.9 Å². The Bertz CT molecular complexity index is 727. The topological polar surface area (TPSA) is 43.8 Å².